The fourth-order valence-corrected chi connectivity index (χ4v) is 2.08. The first-order chi connectivity index (χ1) is 7.65. The molecule has 1 N–H and O–H groups in total. The number of halogens is 2. The molecule has 5 heteroatoms. The van der Waals surface area contributed by atoms with Gasteiger partial charge >= 0.3 is 0 Å². The van der Waals surface area contributed by atoms with Gasteiger partial charge in [0.1, 0.15) is 0 Å². The van der Waals surface area contributed by atoms with Crippen molar-refractivity contribution in [3.8, 4) is 0 Å². The lowest BCUT2D eigenvalue weighted by molar-refractivity contribution is 0.326. The molecule has 0 fully saturated rings. The number of hydrogen-bond acceptors (Lipinski definition) is 3. The zero-order chi connectivity index (χ0) is 12.0. The van der Waals surface area contributed by atoms with Crippen molar-refractivity contribution in [3.05, 3.63) is 16.9 Å². The molecule has 16 heavy (non-hydrogen) atoms. The van der Waals surface area contributed by atoms with E-state index in [1.54, 1.807) is 12.4 Å². The van der Waals surface area contributed by atoms with Crippen LogP contribution in [0.5, 0.6) is 0 Å². The van der Waals surface area contributed by atoms with Crippen LogP contribution < -0.4 is 5.32 Å². The van der Waals surface area contributed by atoms with Gasteiger partial charge in [-0.1, -0.05) is 13.8 Å². The predicted molar refractivity (Wildman–Crippen MR) is 72.0 cm³/mol. The number of aromatic nitrogens is 2. The molecule has 0 aliphatic rings. The van der Waals surface area contributed by atoms with Crippen molar-refractivity contribution in [3.63, 3.8) is 0 Å². The predicted octanol–water partition coefficient (Wildman–Crippen LogP) is 3.70. The molecule has 1 aromatic heterocycles. The molecule has 0 saturated heterocycles. The van der Waals surface area contributed by atoms with E-state index in [2.05, 4.69) is 45.1 Å². The summed E-state index contributed by atoms with van der Waals surface area (Å²) in [6, 6.07) is 0. The Morgan fingerprint density at radius 2 is 1.88 bits per heavy atom. The van der Waals surface area contributed by atoms with Gasteiger partial charge in [0.25, 0.3) is 0 Å². The van der Waals surface area contributed by atoms with E-state index in [0.717, 1.165) is 23.9 Å². The first kappa shape index (κ1) is 13.7. The molecule has 0 unspecified atom stereocenters. The second-order valence-electron chi connectivity index (χ2n) is 3.92. The van der Waals surface area contributed by atoms with Crippen LogP contribution in [0.2, 0.25) is 0 Å². The molecular formula is C11H17BrClN3. The van der Waals surface area contributed by atoms with Crippen LogP contribution in [-0.2, 0) is 0 Å². The lowest BCUT2D eigenvalue weighted by Gasteiger charge is -2.29. The molecule has 0 aromatic carbocycles. The fourth-order valence-electron chi connectivity index (χ4n) is 1.41. The van der Waals surface area contributed by atoms with Gasteiger partial charge in [-0.05, 0) is 28.8 Å². The first-order valence-electron chi connectivity index (χ1n) is 5.43. The van der Waals surface area contributed by atoms with Crippen LogP contribution in [0.15, 0.2) is 16.9 Å². The summed E-state index contributed by atoms with van der Waals surface area (Å²) in [5, 5.41) is 3.24. The maximum atomic E-state index is 6.03. The smallest absolute Gasteiger partial charge is 0.222 e. The third-order valence-corrected chi connectivity index (χ3v) is 4.00. The van der Waals surface area contributed by atoms with Gasteiger partial charge in [-0.3, -0.25) is 0 Å². The van der Waals surface area contributed by atoms with Crippen molar-refractivity contribution >= 4 is 33.5 Å². The highest BCUT2D eigenvalue weighted by Crippen LogP contribution is 2.27. The monoisotopic (exact) mass is 305 g/mol. The fraction of sp³-hybridized carbons (Fsp3) is 0.636. The molecule has 0 atom stereocenters. The quantitative estimate of drug-likeness (QED) is 0.814. The molecule has 0 aliphatic heterocycles. The highest BCUT2D eigenvalue weighted by Gasteiger charge is 2.24. The number of nitrogens with zero attached hydrogens (tertiary/aromatic N) is 2. The molecule has 0 bridgehead atoms. The average Bonchev–Trinajstić information content (AvgIpc) is 2.34. The summed E-state index contributed by atoms with van der Waals surface area (Å²) < 4.78 is 0.882. The number of nitrogens with one attached hydrogen (secondary N) is 1. The zero-order valence-corrected chi connectivity index (χ0v) is 12.0. The van der Waals surface area contributed by atoms with E-state index in [1.165, 1.54) is 0 Å². The summed E-state index contributed by atoms with van der Waals surface area (Å²) in [7, 11) is 0. The Hall–Kier alpha value is -0.350. The molecular weight excluding hydrogens is 289 g/mol. The number of anilines is 1. The van der Waals surface area contributed by atoms with Gasteiger partial charge in [0, 0.05) is 30.2 Å². The lowest BCUT2D eigenvalue weighted by Crippen LogP contribution is -2.30. The minimum Gasteiger partial charge on any atom is -0.354 e. The molecule has 90 valence electrons. The minimum atomic E-state index is 0.137. The van der Waals surface area contributed by atoms with Crippen LogP contribution >= 0.6 is 27.5 Å². The van der Waals surface area contributed by atoms with Crippen molar-refractivity contribution in [2.45, 2.75) is 26.7 Å². The molecule has 0 radical (unpaired) electrons. The maximum Gasteiger partial charge on any atom is 0.222 e. The van der Waals surface area contributed by atoms with Crippen LogP contribution in [-0.4, -0.2) is 22.4 Å². The molecule has 0 amide bonds. The van der Waals surface area contributed by atoms with Crippen LogP contribution in [0.4, 0.5) is 5.95 Å². The van der Waals surface area contributed by atoms with Crippen LogP contribution in [0.3, 0.4) is 0 Å². The van der Waals surface area contributed by atoms with Crippen molar-refractivity contribution in [1.29, 1.82) is 0 Å². The lowest BCUT2D eigenvalue weighted by atomic mass is 9.84. The van der Waals surface area contributed by atoms with Gasteiger partial charge in [0.05, 0.1) is 4.47 Å². The summed E-state index contributed by atoms with van der Waals surface area (Å²) in [6.45, 7) is 5.14. The van der Waals surface area contributed by atoms with Crippen molar-refractivity contribution in [2.24, 2.45) is 5.41 Å². The van der Waals surface area contributed by atoms with Gasteiger partial charge < -0.3 is 5.32 Å². The van der Waals surface area contributed by atoms with E-state index in [0.29, 0.717) is 11.8 Å². The topological polar surface area (TPSA) is 37.8 Å². The van der Waals surface area contributed by atoms with Gasteiger partial charge in [-0.25, -0.2) is 9.97 Å². The average molecular weight is 307 g/mol. The van der Waals surface area contributed by atoms with E-state index in [9.17, 15) is 0 Å². The Bertz CT molecular complexity index is 303. The van der Waals surface area contributed by atoms with E-state index >= 15 is 0 Å². The molecule has 0 spiro atoms. The van der Waals surface area contributed by atoms with Gasteiger partial charge in [0.2, 0.25) is 5.95 Å². The number of hydrogen-bond donors (Lipinski definition) is 1. The molecule has 1 rings (SSSR count). The Morgan fingerprint density at radius 1 is 1.31 bits per heavy atom. The van der Waals surface area contributed by atoms with Crippen LogP contribution in [0.25, 0.3) is 0 Å². The molecule has 0 aliphatic carbocycles. The summed E-state index contributed by atoms with van der Waals surface area (Å²) in [5.74, 6) is 1.31. The van der Waals surface area contributed by atoms with E-state index < -0.39 is 0 Å². The SMILES string of the molecule is CCC(CC)(CCl)CNc1ncc(Br)cn1. The molecule has 1 heterocycles. The Kier molecular flexibility index (Phi) is 5.49. The van der Waals surface area contributed by atoms with Gasteiger partial charge in [-0.15, -0.1) is 11.6 Å². The standard InChI is InChI=1S/C11H17BrClN3/c1-3-11(4-2,7-13)8-16-10-14-5-9(12)6-15-10/h5-6H,3-4,7-8H2,1-2H3,(H,14,15,16). The summed E-state index contributed by atoms with van der Waals surface area (Å²) in [6.07, 6.45) is 5.57. The highest BCUT2D eigenvalue weighted by molar-refractivity contribution is 9.10. The van der Waals surface area contributed by atoms with Crippen molar-refractivity contribution in [1.82, 2.24) is 9.97 Å². The van der Waals surface area contributed by atoms with E-state index in [1.807, 2.05) is 0 Å². The summed E-state index contributed by atoms with van der Waals surface area (Å²) in [5.41, 5.74) is 0.137. The van der Waals surface area contributed by atoms with Crippen LogP contribution in [0.1, 0.15) is 26.7 Å². The Labute approximate surface area is 110 Å². The highest BCUT2D eigenvalue weighted by atomic mass is 79.9. The molecule has 1 aromatic rings. The second kappa shape index (κ2) is 6.40. The largest absolute Gasteiger partial charge is 0.354 e. The van der Waals surface area contributed by atoms with E-state index in [4.69, 9.17) is 11.6 Å². The molecule has 3 nitrogen and oxygen atoms in total. The van der Waals surface area contributed by atoms with Crippen molar-refractivity contribution < 1.29 is 0 Å². The molecule has 0 saturated carbocycles. The summed E-state index contributed by atoms with van der Waals surface area (Å²) >= 11 is 9.33. The van der Waals surface area contributed by atoms with Crippen molar-refractivity contribution in [2.75, 3.05) is 17.7 Å². The number of rotatable bonds is 6. The van der Waals surface area contributed by atoms with Gasteiger partial charge in [-0.2, -0.15) is 0 Å². The Morgan fingerprint density at radius 3 is 2.31 bits per heavy atom. The maximum absolute atomic E-state index is 6.03. The Balaban J connectivity index is 2.58. The van der Waals surface area contributed by atoms with Crippen LogP contribution in [0, 0.1) is 5.41 Å². The second-order valence-corrected chi connectivity index (χ2v) is 5.10. The third-order valence-electron chi connectivity index (χ3n) is 3.03. The van der Waals surface area contributed by atoms with E-state index in [-0.39, 0.29) is 5.41 Å². The number of alkyl halides is 1. The third kappa shape index (κ3) is 3.59. The summed E-state index contributed by atoms with van der Waals surface area (Å²) in [4.78, 5) is 8.34. The first-order valence-corrected chi connectivity index (χ1v) is 6.76. The zero-order valence-electron chi connectivity index (χ0n) is 9.63. The van der Waals surface area contributed by atoms with Gasteiger partial charge in [0.15, 0.2) is 0 Å². The minimum absolute atomic E-state index is 0.137. The normalized spacial score (nSPS) is 11.5.